The van der Waals surface area contributed by atoms with Gasteiger partial charge in [0.2, 0.25) is 0 Å². The lowest BCUT2D eigenvalue weighted by Gasteiger charge is -2.18. The maximum atomic E-state index is 3.59. The predicted octanol–water partition coefficient (Wildman–Crippen LogP) is 3.95. The standard InChI is InChI=1S/C17H21N/c1-2-3-13-18-17-12-8-7-11-16(17)14-15-9-5-4-6-10-15/h4-12,14,17-18H,2-3,13H2,1H3. The Bertz CT molecular complexity index is 440. The number of rotatable bonds is 5. The molecule has 0 saturated heterocycles. The van der Waals surface area contributed by atoms with Crippen LogP contribution in [0.3, 0.4) is 0 Å². The minimum Gasteiger partial charge on any atom is -0.307 e. The topological polar surface area (TPSA) is 12.0 Å². The molecule has 1 nitrogen and oxygen atoms in total. The molecule has 0 fully saturated rings. The van der Waals surface area contributed by atoms with Crippen molar-refractivity contribution >= 4 is 6.08 Å². The highest BCUT2D eigenvalue weighted by Crippen LogP contribution is 2.16. The number of hydrogen-bond donors (Lipinski definition) is 1. The summed E-state index contributed by atoms with van der Waals surface area (Å²) in [5.41, 5.74) is 2.59. The van der Waals surface area contributed by atoms with Gasteiger partial charge in [-0.1, -0.05) is 68.0 Å². The van der Waals surface area contributed by atoms with Crippen LogP contribution in [-0.4, -0.2) is 12.6 Å². The van der Waals surface area contributed by atoms with Crippen LogP contribution in [0.5, 0.6) is 0 Å². The minimum absolute atomic E-state index is 0.349. The Hall–Kier alpha value is -1.60. The second kappa shape index (κ2) is 6.97. The van der Waals surface area contributed by atoms with E-state index in [9.17, 15) is 0 Å². The van der Waals surface area contributed by atoms with Gasteiger partial charge in [0, 0.05) is 0 Å². The first-order chi connectivity index (χ1) is 8.90. The van der Waals surface area contributed by atoms with E-state index >= 15 is 0 Å². The lowest BCUT2D eigenvalue weighted by atomic mass is 9.99. The molecule has 0 radical (unpaired) electrons. The summed E-state index contributed by atoms with van der Waals surface area (Å²) in [4.78, 5) is 0. The normalized spacial score (nSPS) is 20.5. The van der Waals surface area contributed by atoms with Crippen LogP contribution >= 0.6 is 0 Å². The molecule has 1 aromatic carbocycles. The molecule has 1 unspecified atom stereocenters. The molecule has 1 aliphatic rings. The smallest absolute Gasteiger partial charge is 0.0509 e. The van der Waals surface area contributed by atoms with Gasteiger partial charge >= 0.3 is 0 Å². The Kier molecular flexibility index (Phi) is 4.98. The van der Waals surface area contributed by atoms with Crippen LogP contribution in [0.1, 0.15) is 25.3 Å². The first-order valence-electron chi connectivity index (χ1n) is 6.75. The van der Waals surface area contributed by atoms with Crippen LogP contribution in [-0.2, 0) is 0 Å². The summed E-state index contributed by atoms with van der Waals surface area (Å²) < 4.78 is 0. The van der Waals surface area contributed by atoms with Gasteiger partial charge in [0.25, 0.3) is 0 Å². The van der Waals surface area contributed by atoms with Crippen LogP contribution in [0.2, 0.25) is 0 Å². The third kappa shape index (κ3) is 3.71. The summed E-state index contributed by atoms with van der Waals surface area (Å²) >= 11 is 0. The zero-order chi connectivity index (χ0) is 12.6. The molecular weight excluding hydrogens is 218 g/mol. The van der Waals surface area contributed by atoms with Crippen LogP contribution in [0.15, 0.2) is 60.2 Å². The quantitative estimate of drug-likeness (QED) is 0.767. The van der Waals surface area contributed by atoms with E-state index in [1.165, 1.54) is 24.0 Å². The fourth-order valence-corrected chi connectivity index (χ4v) is 2.06. The molecule has 1 heteroatoms. The second-order valence-electron chi connectivity index (χ2n) is 4.58. The molecule has 18 heavy (non-hydrogen) atoms. The molecule has 1 aromatic rings. The van der Waals surface area contributed by atoms with Crippen molar-refractivity contribution in [3.05, 3.63) is 65.8 Å². The number of hydrogen-bond acceptors (Lipinski definition) is 1. The van der Waals surface area contributed by atoms with Gasteiger partial charge in [-0.25, -0.2) is 0 Å². The Balaban J connectivity index is 2.07. The van der Waals surface area contributed by atoms with Gasteiger partial charge in [0.15, 0.2) is 0 Å². The van der Waals surface area contributed by atoms with E-state index in [1.807, 2.05) is 0 Å². The molecule has 0 heterocycles. The van der Waals surface area contributed by atoms with Crippen molar-refractivity contribution in [3.8, 4) is 0 Å². The van der Waals surface area contributed by atoms with Crippen molar-refractivity contribution in [2.24, 2.45) is 0 Å². The molecule has 0 spiro atoms. The number of allylic oxidation sites excluding steroid dienone is 2. The van der Waals surface area contributed by atoms with Gasteiger partial charge in [-0.05, 0) is 30.2 Å². The van der Waals surface area contributed by atoms with Crippen molar-refractivity contribution in [3.63, 3.8) is 0 Å². The Morgan fingerprint density at radius 2 is 2.00 bits per heavy atom. The van der Waals surface area contributed by atoms with Crippen LogP contribution < -0.4 is 5.32 Å². The van der Waals surface area contributed by atoms with Crippen molar-refractivity contribution < 1.29 is 0 Å². The van der Waals surface area contributed by atoms with E-state index in [-0.39, 0.29) is 0 Å². The third-order valence-corrected chi connectivity index (χ3v) is 3.09. The van der Waals surface area contributed by atoms with E-state index in [1.54, 1.807) is 0 Å². The van der Waals surface area contributed by atoms with Crippen molar-refractivity contribution in [1.82, 2.24) is 5.32 Å². The number of benzene rings is 1. The van der Waals surface area contributed by atoms with E-state index < -0.39 is 0 Å². The Labute approximate surface area is 110 Å². The summed E-state index contributed by atoms with van der Waals surface area (Å²) in [6.45, 7) is 3.30. The predicted molar refractivity (Wildman–Crippen MR) is 79.4 cm³/mol. The summed E-state index contributed by atoms with van der Waals surface area (Å²) in [5.74, 6) is 0. The molecule has 2 rings (SSSR count). The lowest BCUT2D eigenvalue weighted by Crippen LogP contribution is -2.30. The fraction of sp³-hybridized carbons (Fsp3) is 0.294. The molecule has 1 aliphatic carbocycles. The summed E-state index contributed by atoms with van der Waals surface area (Å²) in [7, 11) is 0. The van der Waals surface area contributed by atoms with Crippen LogP contribution in [0.4, 0.5) is 0 Å². The zero-order valence-electron chi connectivity index (χ0n) is 11.0. The Morgan fingerprint density at radius 1 is 1.17 bits per heavy atom. The van der Waals surface area contributed by atoms with Crippen molar-refractivity contribution in [1.29, 1.82) is 0 Å². The first kappa shape index (κ1) is 12.8. The molecular formula is C17H21N. The van der Waals surface area contributed by atoms with E-state index in [0.29, 0.717) is 6.04 Å². The van der Waals surface area contributed by atoms with Crippen molar-refractivity contribution in [2.45, 2.75) is 25.8 Å². The van der Waals surface area contributed by atoms with Crippen LogP contribution in [0.25, 0.3) is 6.08 Å². The van der Waals surface area contributed by atoms with E-state index in [0.717, 1.165) is 6.54 Å². The Morgan fingerprint density at radius 3 is 2.78 bits per heavy atom. The fourth-order valence-electron chi connectivity index (χ4n) is 2.06. The number of unbranched alkanes of at least 4 members (excludes halogenated alkanes) is 1. The summed E-state index contributed by atoms with van der Waals surface area (Å²) in [6.07, 6.45) is 13.4. The molecule has 0 bridgehead atoms. The molecule has 1 N–H and O–H groups in total. The van der Waals surface area contributed by atoms with Gasteiger partial charge < -0.3 is 5.32 Å². The summed E-state index contributed by atoms with van der Waals surface area (Å²) in [6, 6.07) is 10.8. The molecule has 0 aromatic heterocycles. The van der Waals surface area contributed by atoms with E-state index in [4.69, 9.17) is 0 Å². The first-order valence-corrected chi connectivity index (χ1v) is 6.75. The third-order valence-electron chi connectivity index (χ3n) is 3.09. The van der Waals surface area contributed by atoms with Gasteiger partial charge in [0.1, 0.15) is 0 Å². The van der Waals surface area contributed by atoms with Gasteiger partial charge in [-0.3, -0.25) is 0 Å². The highest BCUT2D eigenvalue weighted by Gasteiger charge is 2.09. The van der Waals surface area contributed by atoms with Gasteiger partial charge in [-0.2, -0.15) is 0 Å². The molecule has 0 amide bonds. The minimum atomic E-state index is 0.349. The SMILES string of the molecule is CCCCNC1C=CC=CC1=Cc1ccccc1. The monoisotopic (exact) mass is 239 g/mol. The second-order valence-corrected chi connectivity index (χ2v) is 4.58. The zero-order valence-corrected chi connectivity index (χ0v) is 11.0. The van der Waals surface area contributed by atoms with Gasteiger partial charge in [-0.15, -0.1) is 0 Å². The largest absolute Gasteiger partial charge is 0.307 e. The highest BCUT2D eigenvalue weighted by atomic mass is 14.9. The van der Waals surface area contributed by atoms with Gasteiger partial charge in [0.05, 0.1) is 6.04 Å². The molecule has 1 atom stereocenters. The highest BCUT2D eigenvalue weighted by molar-refractivity contribution is 5.59. The van der Waals surface area contributed by atoms with E-state index in [2.05, 4.69) is 73.0 Å². The molecule has 94 valence electrons. The van der Waals surface area contributed by atoms with Crippen molar-refractivity contribution in [2.75, 3.05) is 6.54 Å². The average molecular weight is 239 g/mol. The average Bonchev–Trinajstić information content (AvgIpc) is 2.42. The van der Waals surface area contributed by atoms with Crippen LogP contribution in [0, 0.1) is 0 Å². The molecule has 0 saturated carbocycles. The molecule has 0 aliphatic heterocycles. The maximum Gasteiger partial charge on any atom is 0.0509 e. The summed E-state index contributed by atoms with van der Waals surface area (Å²) in [5, 5.41) is 3.59. The lowest BCUT2D eigenvalue weighted by molar-refractivity contribution is 0.619. The number of nitrogens with one attached hydrogen (secondary N) is 1. The maximum absolute atomic E-state index is 3.59.